The van der Waals surface area contributed by atoms with E-state index in [0.717, 1.165) is 37.6 Å². The molecule has 1 aliphatic carbocycles. The number of carbonyl (C=O) groups is 1. The van der Waals surface area contributed by atoms with Crippen molar-refractivity contribution in [3.05, 3.63) is 41.8 Å². The highest BCUT2D eigenvalue weighted by atomic mass is 19.1. The Morgan fingerprint density at radius 2 is 1.86 bits per heavy atom. The van der Waals surface area contributed by atoms with E-state index in [4.69, 9.17) is 4.74 Å². The Kier molecular flexibility index (Phi) is 6.99. The lowest BCUT2D eigenvalue weighted by Crippen LogP contribution is -2.34. The first-order valence-electron chi connectivity index (χ1n) is 12.2. The number of benzene rings is 1. The lowest BCUT2D eigenvalue weighted by molar-refractivity contribution is -0.125. The molecule has 3 aromatic rings. The van der Waals surface area contributed by atoms with Crippen LogP contribution in [0.2, 0.25) is 0 Å². The molecule has 1 amide bonds. The van der Waals surface area contributed by atoms with Crippen LogP contribution in [-0.4, -0.2) is 46.7 Å². The van der Waals surface area contributed by atoms with Gasteiger partial charge in [0.1, 0.15) is 22.8 Å². The van der Waals surface area contributed by atoms with Gasteiger partial charge in [-0.2, -0.15) is 0 Å². The summed E-state index contributed by atoms with van der Waals surface area (Å²) in [6.45, 7) is 1.78. The second-order valence-corrected chi connectivity index (χ2v) is 9.51. The van der Waals surface area contributed by atoms with Crippen LogP contribution in [0.15, 0.2) is 24.4 Å². The van der Waals surface area contributed by atoms with Crippen LogP contribution in [0, 0.1) is 29.3 Å². The molecule has 1 unspecified atom stereocenters. The van der Waals surface area contributed by atoms with Gasteiger partial charge in [-0.15, -0.1) is 0 Å². The molecule has 5 rings (SSSR count). The number of ether oxygens (including phenoxy) is 1. The summed E-state index contributed by atoms with van der Waals surface area (Å²) in [5.41, 5.74) is 0.854. The van der Waals surface area contributed by atoms with Crippen LogP contribution in [0.25, 0.3) is 11.0 Å². The number of pyridine rings is 1. The van der Waals surface area contributed by atoms with Crippen LogP contribution in [0.5, 0.6) is 0 Å². The fourth-order valence-electron chi connectivity index (χ4n) is 5.06. The summed E-state index contributed by atoms with van der Waals surface area (Å²) in [7, 11) is 1.66. The Morgan fingerprint density at radius 1 is 1.11 bits per heavy atom. The predicted molar refractivity (Wildman–Crippen MR) is 129 cm³/mol. The summed E-state index contributed by atoms with van der Waals surface area (Å²) < 4.78 is 49.5. The number of nitrogens with zero attached hydrogens (tertiary/aromatic N) is 3. The van der Waals surface area contributed by atoms with Crippen LogP contribution in [0.3, 0.4) is 0 Å². The van der Waals surface area contributed by atoms with Gasteiger partial charge in [0.25, 0.3) is 0 Å². The third-order valence-electron chi connectivity index (χ3n) is 7.04. The van der Waals surface area contributed by atoms with Gasteiger partial charge in [-0.05, 0) is 32.1 Å². The SMILES string of the molecule is CNC(=O)C1CCC(Nc2cc3c(cn2)nc(Nc2c(F)cc(F)cc2F)n3CC2CCOC2)CC1. The molecule has 2 aliphatic rings. The molecule has 2 aromatic heterocycles. The van der Waals surface area contributed by atoms with Gasteiger partial charge in [0.05, 0.1) is 18.3 Å². The Morgan fingerprint density at radius 3 is 2.53 bits per heavy atom. The molecule has 3 N–H and O–H groups in total. The van der Waals surface area contributed by atoms with Gasteiger partial charge in [0.15, 0.2) is 11.6 Å². The summed E-state index contributed by atoms with van der Waals surface area (Å²) in [4.78, 5) is 20.9. The van der Waals surface area contributed by atoms with Crippen molar-refractivity contribution >= 4 is 34.4 Å². The third kappa shape index (κ3) is 5.11. The highest BCUT2D eigenvalue weighted by molar-refractivity contribution is 5.81. The Hall–Kier alpha value is -3.34. The molecule has 0 spiro atoms. The van der Waals surface area contributed by atoms with Crippen molar-refractivity contribution < 1.29 is 22.7 Å². The monoisotopic (exact) mass is 502 g/mol. The van der Waals surface area contributed by atoms with E-state index in [1.807, 2.05) is 10.6 Å². The van der Waals surface area contributed by atoms with Crippen molar-refractivity contribution in [2.45, 2.75) is 44.7 Å². The fourth-order valence-corrected chi connectivity index (χ4v) is 5.06. The van der Waals surface area contributed by atoms with Crippen LogP contribution in [0.4, 0.5) is 30.6 Å². The van der Waals surface area contributed by atoms with Crippen LogP contribution < -0.4 is 16.0 Å². The molecule has 36 heavy (non-hydrogen) atoms. The predicted octanol–water partition coefficient (Wildman–Crippen LogP) is 4.35. The topological polar surface area (TPSA) is 93.1 Å². The van der Waals surface area contributed by atoms with Crippen LogP contribution in [0.1, 0.15) is 32.1 Å². The number of aromatic nitrogens is 3. The van der Waals surface area contributed by atoms with Gasteiger partial charge < -0.3 is 25.3 Å². The Bertz CT molecular complexity index is 1230. The first kappa shape index (κ1) is 24.4. The third-order valence-corrected chi connectivity index (χ3v) is 7.04. The maximum atomic E-state index is 14.4. The zero-order chi connectivity index (χ0) is 25.2. The molecule has 1 saturated carbocycles. The smallest absolute Gasteiger partial charge is 0.222 e. The molecule has 2 fully saturated rings. The van der Waals surface area contributed by atoms with Gasteiger partial charge in [-0.3, -0.25) is 4.79 Å². The normalized spacial score (nSPS) is 22.1. The number of anilines is 3. The van der Waals surface area contributed by atoms with E-state index in [1.54, 1.807) is 13.2 Å². The maximum Gasteiger partial charge on any atom is 0.222 e. The zero-order valence-electron chi connectivity index (χ0n) is 20.0. The summed E-state index contributed by atoms with van der Waals surface area (Å²) in [5.74, 6) is -1.81. The molecule has 1 aliphatic heterocycles. The molecule has 1 atom stereocenters. The minimum Gasteiger partial charge on any atom is -0.381 e. The lowest BCUT2D eigenvalue weighted by atomic mass is 9.85. The minimum atomic E-state index is -1.04. The molecule has 3 heterocycles. The first-order chi connectivity index (χ1) is 17.4. The number of fused-ring (bicyclic) bond motifs is 1. The molecule has 8 nitrogen and oxygen atoms in total. The molecule has 0 radical (unpaired) electrons. The molecule has 0 bridgehead atoms. The van der Waals surface area contributed by atoms with Crippen molar-refractivity contribution in [1.82, 2.24) is 19.9 Å². The number of amides is 1. The lowest BCUT2D eigenvalue weighted by Gasteiger charge is -2.28. The van der Waals surface area contributed by atoms with Crippen molar-refractivity contribution in [3.8, 4) is 0 Å². The van der Waals surface area contributed by atoms with Gasteiger partial charge >= 0.3 is 0 Å². The van der Waals surface area contributed by atoms with Crippen molar-refractivity contribution in [1.29, 1.82) is 0 Å². The van der Waals surface area contributed by atoms with E-state index < -0.39 is 23.1 Å². The van der Waals surface area contributed by atoms with E-state index in [-0.39, 0.29) is 29.7 Å². The fraction of sp³-hybridized carbons (Fsp3) is 0.480. The van der Waals surface area contributed by atoms with Crippen LogP contribution >= 0.6 is 0 Å². The van der Waals surface area contributed by atoms with Gasteiger partial charge in [0, 0.05) is 56.3 Å². The highest BCUT2D eigenvalue weighted by Gasteiger charge is 2.26. The standard InChI is InChI=1S/C25H29F3N6O2/c1-29-24(35)15-2-4-17(5-3-15)31-22-10-21-20(11-30-22)32-25(34(21)12-14-6-7-36-13-14)33-23-18(27)8-16(26)9-19(23)28/h8-11,14-15,17H,2-7,12-13H2,1H3,(H,29,35)(H,30,31)(H,32,33). The Balaban J connectivity index is 1.42. The number of hydrogen-bond donors (Lipinski definition) is 3. The number of carbonyl (C=O) groups excluding carboxylic acids is 1. The van der Waals surface area contributed by atoms with E-state index in [1.165, 1.54) is 0 Å². The van der Waals surface area contributed by atoms with E-state index in [0.29, 0.717) is 43.2 Å². The van der Waals surface area contributed by atoms with Crippen molar-refractivity contribution in [2.24, 2.45) is 11.8 Å². The van der Waals surface area contributed by atoms with Crippen molar-refractivity contribution in [3.63, 3.8) is 0 Å². The average molecular weight is 503 g/mol. The number of rotatable bonds is 7. The largest absolute Gasteiger partial charge is 0.381 e. The number of imidazole rings is 1. The minimum absolute atomic E-state index is 0.0411. The molecular formula is C25H29F3N6O2. The number of halogens is 3. The molecule has 1 saturated heterocycles. The summed E-state index contributed by atoms with van der Waals surface area (Å²) in [6.07, 6.45) is 5.81. The van der Waals surface area contributed by atoms with Gasteiger partial charge in [0.2, 0.25) is 11.9 Å². The number of hydrogen-bond acceptors (Lipinski definition) is 6. The Labute approximate surface area is 206 Å². The van der Waals surface area contributed by atoms with Crippen LogP contribution in [-0.2, 0) is 16.1 Å². The second-order valence-electron chi connectivity index (χ2n) is 9.51. The highest BCUT2D eigenvalue weighted by Crippen LogP contribution is 2.31. The molecule has 1 aromatic carbocycles. The first-order valence-corrected chi connectivity index (χ1v) is 12.2. The van der Waals surface area contributed by atoms with E-state index >= 15 is 0 Å². The summed E-state index contributed by atoms with van der Waals surface area (Å²) in [6, 6.07) is 3.33. The summed E-state index contributed by atoms with van der Waals surface area (Å²) in [5, 5.41) is 8.92. The molecule has 11 heteroatoms. The molecular weight excluding hydrogens is 473 g/mol. The van der Waals surface area contributed by atoms with E-state index in [9.17, 15) is 18.0 Å². The maximum absolute atomic E-state index is 14.4. The second kappa shape index (κ2) is 10.3. The summed E-state index contributed by atoms with van der Waals surface area (Å²) >= 11 is 0. The molecule has 192 valence electrons. The quantitative estimate of drug-likeness (QED) is 0.445. The van der Waals surface area contributed by atoms with Gasteiger partial charge in [-0.25, -0.2) is 23.1 Å². The van der Waals surface area contributed by atoms with Crippen molar-refractivity contribution in [2.75, 3.05) is 30.9 Å². The average Bonchev–Trinajstić information content (AvgIpc) is 3.49. The van der Waals surface area contributed by atoms with E-state index in [2.05, 4.69) is 25.9 Å². The van der Waals surface area contributed by atoms with Gasteiger partial charge in [-0.1, -0.05) is 0 Å². The number of nitrogens with one attached hydrogen (secondary N) is 3. The zero-order valence-corrected chi connectivity index (χ0v) is 20.0.